The summed E-state index contributed by atoms with van der Waals surface area (Å²) in [6.45, 7) is 1.64. The van der Waals surface area contributed by atoms with E-state index in [-0.39, 0.29) is 17.9 Å². The SMILES string of the molecule is COc1cc(/C=C2/NC(=O)N(CC(=O)Nc3cccc(C)c3)C2=O)cc(I)c1OCc1ccc(C(=O)O)cc1. The molecule has 4 rings (SSSR count). The quantitative estimate of drug-likeness (QED) is 0.179. The Kier molecular flexibility index (Phi) is 8.49. The highest BCUT2D eigenvalue weighted by molar-refractivity contribution is 14.1. The number of halogens is 1. The first-order valence-electron chi connectivity index (χ1n) is 11.7. The molecule has 0 radical (unpaired) electrons. The van der Waals surface area contributed by atoms with Crippen molar-refractivity contribution >= 4 is 58.2 Å². The lowest BCUT2D eigenvalue weighted by Gasteiger charge is -2.14. The third kappa shape index (κ3) is 6.74. The second-order valence-electron chi connectivity index (χ2n) is 8.62. The van der Waals surface area contributed by atoms with Crippen LogP contribution < -0.4 is 20.1 Å². The molecular weight excluding hydrogens is 617 g/mol. The van der Waals surface area contributed by atoms with Crippen molar-refractivity contribution in [3.8, 4) is 11.5 Å². The molecule has 0 spiro atoms. The van der Waals surface area contributed by atoms with Crippen LogP contribution in [0.1, 0.15) is 27.0 Å². The number of carboxylic acid groups (broad SMARTS) is 1. The Bertz CT molecular complexity index is 1480. The van der Waals surface area contributed by atoms with Crippen LogP contribution in [-0.4, -0.2) is 47.5 Å². The number of carbonyl (C=O) groups excluding carboxylic acids is 3. The number of nitrogens with one attached hydrogen (secondary N) is 2. The lowest BCUT2D eigenvalue weighted by molar-refractivity contribution is -0.127. The first kappa shape index (κ1) is 27.6. The zero-order chi connectivity index (χ0) is 28.1. The molecule has 1 aliphatic rings. The van der Waals surface area contributed by atoms with E-state index in [1.165, 1.54) is 25.3 Å². The zero-order valence-corrected chi connectivity index (χ0v) is 23.1. The highest BCUT2D eigenvalue weighted by Crippen LogP contribution is 2.35. The van der Waals surface area contributed by atoms with E-state index in [0.29, 0.717) is 26.3 Å². The standard InChI is InChI=1S/C28H24IN3O7/c1-16-4-3-5-20(10-16)30-24(33)14-32-26(34)22(31-28(32)37)12-18-11-21(29)25(23(13-18)38-2)39-15-17-6-8-19(9-7-17)27(35)36/h3-13H,14-15H2,1-2H3,(H,30,33)(H,31,37)(H,35,36)/b22-12+. The van der Waals surface area contributed by atoms with Crippen molar-refractivity contribution in [3.63, 3.8) is 0 Å². The number of amides is 4. The minimum atomic E-state index is -1.01. The summed E-state index contributed by atoms with van der Waals surface area (Å²) in [5.74, 6) is -1.26. The van der Waals surface area contributed by atoms with E-state index in [1.807, 2.05) is 13.0 Å². The summed E-state index contributed by atoms with van der Waals surface area (Å²) < 4.78 is 12.1. The monoisotopic (exact) mass is 641 g/mol. The fourth-order valence-electron chi connectivity index (χ4n) is 3.81. The van der Waals surface area contributed by atoms with Crippen LogP contribution in [0, 0.1) is 10.5 Å². The van der Waals surface area contributed by atoms with Crippen molar-refractivity contribution in [1.82, 2.24) is 10.2 Å². The number of carbonyl (C=O) groups is 4. The zero-order valence-electron chi connectivity index (χ0n) is 21.0. The second kappa shape index (κ2) is 12.0. The van der Waals surface area contributed by atoms with E-state index in [2.05, 4.69) is 33.2 Å². The first-order chi connectivity index (χ1) is 18.6. The molecule has 1 saturated heterocycles. The van der Waals surface area contributed by atoms with Crippen LogP contribution in [0.15, 0.2) is 66.4 Å². The highest BCUT2D eigenvalue weighted by Gasteiger charge is 2.35. The van der Waals surface area contributed by atoms with Gasteiger partial charge >= 0.3 is 12.0 Å². The Labute approximate surface area is 237 Å². The number of anilines is 1. The average Bonchev–Trinajstić information content (AvgIpc) is 3.15. The van der Waals surface area contributed by atoms with Gasteiger partial charge in [-0.15, -0.1) is 0 Å². The highest BCUT2D eigenvalue weighted by atomic mass is 127. The number of rotatable bonds is 9. The summed E-state index contributed by atoms with van der Waals surface area (Å²) in [5, 5.41) is 14.2. The van der Waals surface area contributed by atoms with Crippen LogP contribution in [0.2, 0.25) is 0 Å². The molecule has 3 N–H and O–H groups in total. The predicted octanol–water partition coefficient (Wildman–Crippen LogP) is 4.42. The first-order valence-corrected chi connectivity index (χ1v) is 12.8. The Hall–Kier alpha value is -4.39. The molecule has 0 unspecified atom stereocenters. The molecule has 1 fully saturated rings. The molecule has 0 saturated carbocycles. The van der Waals surface area contributed by atoms with Crippen molar-refractivity contribution in [1.29, 1.82) is 0 Å². The Morgan fingerprint density at radius 3 is 2.51 bits per heavy atom. The van der Waals surface area contributed by atoms with Crippen LogP contribution in [0.3, 0.4) is 0 Å². The maximum Gasteiger partial charge on any atom is 0.335 e. The Balaban J connectivity index is 1.45. The summed E-state index contributed by atoms with van der Waals surface area (Å²) in [7, 11) is 1.48. The number of methoxy groups -OCH3 is 1. The minimum Gasteiger partial charge on any atom is -0.493 e. The predicted molar refractivity (Wildman–Crippen MR) is 151 cm³/mol. The maximum absolute atomic E-state index is 12.9. The Morgan fingerprint density at radius 1 is 1.10 bits per heavy atom. The topological polar surface area (TPSA) is 134 Å². The number of urea groups is 1. The molecule has 1 aliphatic heterocycles. The van der Waals surface area contributed by atoms with Crippen LogP contribution in [0.25, 0.3) is 6.08 Å². The molecule has 0 aliphatic carbocycles. The van der Waals surface area contributed by atoms with Gasteiger partial charge in [-0.2, -0.15) is 0 Å². The normalized spacial score (nSPS) is 13.8. The van der Waals surface area contributed by atoms with Gasteiger partial charge in [-0.3, -0.25) is 9.59 Å². The van der Waals surface area contributed by atoms with E-state index < -0.39 is 30.4 Å². The van der Waals surface area contributed by atoms with Crippen LogP contribution >= 0.6 is 22.6 Å². The minimum absolute atomic E-state index is 0.0217. The number of carboxylic acids is 1. The van der Waals surface area contributed by atoms with Gasteiger partial charge in [0.2, 0.25) is 5.91 Å². The lowest BCUT2D eigenvalue weighted by atomic mass is 10.1. The van der Waals surface area contributed by atoms with Gasteiger partial charge in [-0.1, -0.05) is 24.3 Å². The third-order valence-corrected chi connectivity index (χ3v) is 6.51. The van der Waals surface area contributed by atoms with Crippen LogP contribution in [-0.2, 0) is 16.2 Å². The maximum atomic E-state index is 12.9. The number of aromatic carboxylic acids is 1. The van der Waals surface area contributed by atoms with Gasteiger partial charge in [-0.05, 0) is 88.7 Å². The van der Waals surface area contributed by atoms with E-state index in [4.69, 9.17) is 14.6 Å². The van der Waals surface area contributed by atoms with E-state index >= 15 is 0 Å². The van der Waals surface area contributed by atoms with Crippen LogP contribution in [0.5, 0.6) is 11.5 Å². The van der Waals surface area contributed by atoms with Crippen molar-refractivity contribution in [2.24, 2.45) is 0 Å². The molecule has 10 nitrogen and oxygen atoms in total. The Morgan fingerprint density at radius 2 is 1.85 bits per heavy atom. The summed E-state index contributed by atoms with van der Waals surface area (Å²) in [4.78, 5) is 49.7. The summed E-state index contributed by atoms with van der Waals surface area (Å²) in [5.41, 5.74) is 3.09. The van der Waals surface area contributed by atoms with E-state index in [1.54, 1.807) is 42.5 Å². The number of ether oxygens (including phenoxy) is 2. The number of aryl methyl sites for hydroxylation is 1. The third-order valence-electron chi connectivity index (χ3n) is 5.71. The molecule has 0 aromatic heterocycles. The van der Waals surface area contributed by atoms with Gasteiger partial charge in [0.25, 0.3) is 5.91 Å². The molecule has 39 heavy (non-hydrogen) atoms. The van der Waals surface area contributed by atoms with Crippen molar-refractivity contribution < 1.29 is 33.8 Å². The largest absolute Gasteiger partial charge is 0.493 e. The molecule has 11 heteroatoms. The van der Waals surface area contributed by atoms with Gasteiger partial charge in [0.1, 0.15) is 18.8 Å². The number of benzene rings is 3. The summed E-state index contributed by atoms with van der Waals surface area (Å²) in [6, 6.07) is 16.3. The van der Waals surface area contributed by atoms with Crippen molar-refractivity contribution in [3.05, 3.63) is 92.2 Å². The number of hydrogen-bond acceptors (Lipinski definition) is 6. The van der Waals surface area contributed by atoms with Gasteiger partial charge in [0.15, 0.2) is 11.5 Å². The average molecular weight is 641 g/mol. The van der Waals surface area contributed by atoms with Gasteiger partial charge in [0.05, 0.1) is 16.2 Å². The van der Waals surface area contributed by atoms with Gasteiger partial charge in [-0.25, -0.2) is 14.5 Å². The molecule has 1 heterocycles. The number of nitrogens with zero attached hydrogens (tertiary/aromatic N) is 1. The van der Waals surface area contributed by atoms with E-state index in [9.17, 15) is 19.2 Å². The lowest BCUT2D eigenvalue weighted by Crippen LogP contribution is -2.38. The molecular formula is C28H24IN3O7. The number of hydrogen-bond donors (Lipinski definition) is 3. The summed E-state index contributed by atoms with van der Waals surface area (Å²) >= 11 is 2.07. The van der Waals surface area contributed by atoms with E-state index in [0.717, 1.165) is 16.0 Å². The molecule has 200 valence electrons. The molecule has 0 bridgehead atoms. The van der Waals surface area contributed by atoms with Gasteiger partial charge < -0.3 is 25.2 Å². The fraction of sp³-hybridized carbons (Fsp3) is 0.143. The molecule has 0 atom stereocenters. The van der Waals surface area contributed by atoms with Crippen molar-refractivity contribution in [2.75, 3.05) is 19.0 Å². The molecule has 3 aromatic carbocycles. The smallest absolute Gasteiger partial charge is 0.335 e. The molecule has 3 aromatic rings. The van der Waals surface area contributed by atoms with Gasteiger partial charge in [0, 0.05) is 5.69 Å². The van der Waals surface area contributed by atoms with Crippen molar-refractivity contribution in [2.45, 2.75) is 13.5 Å². The fourth-order valence-corrected chi connectivity index (χ4v) is 4.59. The number of imide groups is 1. The van der Waals surface area contributed by atoms with Crippen LogP contribution in [0.4, 0.5) is 10.5 Å². The molecule has 4 amide bonds. The second-order valence-corrected chi connectivity index (χ2v) is 9.78. The summed E-state index contributed by atoms with van der Waals surface area (Å²) in [6.07, 6.45) is 1.50.